The summed E-state index contributed by atoms with van der Waals surface area (Å²) in [5.41, 5.74) is 0.391. The zero-order valence-corrected chi connectivity index (χ0v) is 18.4. The third-order valence-corrected chi connectivity index (χ3v) is 4.64. The molecule has 0 saturated carbocycles. The van der Waals surface area contributed by atoms with Crippen LogP contribution in [0.4, 0.5) is 16.2 Å². The fourth-order valence-electron chi connectivity index (χ4n) is 2.84. The standard InChI is InChI=1S/C10H6BrN3O2.C10H19NO2/c1-12-10-7-4-6(11)2-3-8(7)13-5-9(10)14(15)16;1-10(2,3)13-9(12)11-7-5-4-6-8-11/h2-5H,1H2;4-8H2,1-3H3. The molecule has 9 heteroatoms. The highest BCUT2D eigenvalue weighted by Gasteiger charge is 2.23. The van der Waals surface area contributed by atoms with Gasteiger partial charge in [0.2, 0.25) is 0 Å². The molecule has 0 radical (unpaired) electrons. The van der Waals surface area contributed by atoms with E-state index < -0.39 is 4.92 Å². The Morgan fingerprint density at radius 1 is 1.31 bits per heavy atom. The number of benzene rings is 1. The Balaban J connectivity index is 0.000000212. The first kappa shape index (κ1) is 22.7. The smallest absolute Gasteiger partial charge is 0.410 e. The number of hydrogen-bond donors (Lipinski definition) is 0. The Morgan fingerprint density at radius 2 is 1.97 bits per heavy atom. The van der Waals surface area contributed by atoms with Crippen molar-refractivity contribution in [1.29, 1.82) is 0 Å². The zero-order valence-electron chi connectivity index (χ0n) is 16.9. The van der Waals surface area contributed by atoms with Crippen molar-refractivity contribution in [2.24, 2.45) is 4.99 Å². The maximum atomic E-state index is 11.5. The highest BCUT2D eigenvalue weighted by Crippen LogP contribution is 2.34. The van der Waals surface area contributed by atoms with Crippen LogP contribution in [0.2, 0.25) is 0 Å². The highest BCUT2D eigenvalue weighted by atomic mass is 79.9. The van der Waals surface area contributed by atoms with Crippen molar-refractivity contribution in [2.45, 2.75) is 45.6 Å². The van der Waals surface area contributed by atoms with E-state index in [4.69, 9.17) is 4.74 Å². The number of carbonyl (C=O) groups excluding carboxylic acids is 1. The van der Waals surface area contributed by atoms with Crippen molar-refractivity contribution < 1.29 is 14.5 Å². The molecule has 1 aliphatic heterocycles. The molecule has 1 amide bonds. The Bertz CT molecular complexity index is 905. The summed E-state index contributed by atoms with van der Waals surface area (Å²) in [5.74, 6) is 0. The van der Waals surface area contributed by atoms with Crippen LogP contribution in [0.25, 0.3) is 10.9 Å². The molecule has 1 aromatic heterocycles. The second kappa shape index (κ2) is 9.78. The van der Waals surface area contributed by atoms with E-state index in [2.05, 4.69) is 32.6 Å². The van der Waals surface area contributed by atoms with Gasteiger partial charge in [-0.15, -0.1) is 0 Å². The first-order valence-electron chi connectivity index (χ1n) is 9.29. The van der Waals surface area contributed by atoms with Gasteiger partial charge >= 0.3 is 11.8 Å². The maximum absolute atomic E-state index is 11.5. The number of pyridine rings is 1. The van der Waals surface area contributed by atoms with Crippen LogP contribution in [0.3, 0.4) is 0 Å². The van der Waals surface area contributed by atoms with Crippen molar-refractivity contribution in [3.63, 3.8) is 0 Å². The summed E-state index contributed by atoms with van der Waals surface area (Å²) in [6.45, 7) is 10.8. The Kier molecular flexibility index (Phi) is 7.66. The molecule has 156 valence electrons. The first-order valence-corrected chi connectivity index (χ1v) is 10.1. The number of aliphatic imine (C=N–C) groups is 1. The van der Waals surface area contributed by atoms with Crippen molar-refractivity contribution in [3.8, 4) is 0 Å². The number of piperidine rings is 1. The van der Waals surface area contributed by atoms with E-state index in [-0.39, 0.29) is 23.1 Å². The monoisotopic (exact) mass is 464 g/mol. The maximum Gasteiger partial charge on any atom is 0.410 e. The molecule has 2 aromatic rings. The van der Waals surface area contributed by atoms with Crippen LogP contribution >= 0.6 is 15.9 Å². The molecule has 2 heterocycles. The first-order chi connectivity index (χ1) is 13.6. The van der Waals surface area contributed by atoms with Gasteiger partial charge in [0.25, 0.3) is 0 Å². The molecule has 29 heavy (non-hydrogen) atoms. The summed E-state index contributed by atoms with van der Waals surface area (Å²) in [4.78, 5) is 31.3. The number of aromatic nitrogens is 1. The lowest BCUT2D eigenvalue weighted by molar-refractivity contribution is -0.384. The van der Waals surface area contributed by atoms with Crippen LogP contribution in [-0.4, -0.2) is 46.3 Å². The van der Waals surface area contributed by atoms with Crippen LogP contribution < -0.4 is 0 Å². The van der Waals surface area contributed by atoms with E-state index in [1.54, 1.807) is 17.0 Å². The SMILES string of the molecule is C=Nc1c([N+](=O)[O-])cnc2ccc(Br)cc12.CC(C)(C)OC(=O)N1CCCCC1. The number of nitro groups is 1. The number of halogens is 1. The summed E-state index contributed by atoms with van der Waals surface area (Å²) in [7, 11) is 0. The Morgan fingerprint density at radius 3 is 2.52 bits per heavy atom. The molecule has 1 saturated heterocycles. The molecule has 0 spiro atoms. The minimum atomic E-state index is -0.517. The quantitative estimate of drug-likeness (QED) is 0.325. The van der Waals surface area contributed by atoms with E-state index in [0.29, 0.717) is 10.9 Å². The predicted molar refractivity (Wildman–Crippen MR) is 117 cm³/mol. The summed E-state index contributed by atoms with van der Waals surface area (Å²) in [6, 6.07) is 5.31. The lowest BCUT2D eigenvalue weighted by atomic mass is 10.1. The number of likely N-dealkylation sites (tertiary alicyclic amines) is 1. The minimum absolute atomic E-state index is 0.138. The van der Waals surface area contributed by atoms with E-state index in [0.717, 1.165) is 30.4 Å². The van der Waals surface area contributed by atoms with Crippen LogP contribution in [0, 0.1) is 10.1 Å². The molecule has 0 atom stereocenters. The molecule has 0 unspecified atom stereocenters. The van der Waals surface area contributed by atoms with Gasteiger partial charge in [0.1, 0.15) is 11.8 Å². The van der Waals surface area contributed by atoms with E-state index >= 15 is 0 Å². The number of rotatable bonds is 2. The summed E-state index contributed by atoms with van der Waals surface area (Å²) in [5, 5.41) is 11.4. The van der Waals surface area contributed by atoms with E-state index in [1.807, 2.05) is 26.8 Å². The zero-order chi connectivity index (χ0) is 21.6. The van der Waals surface area contributed by atoms with Crippen LogP contribution in [0.15, 0.2) is 33.9 Å². The molecule has 0 aliphatic carbocycles. The van der Waals surface area contributed by atoms with Crippen molar-refractivity contribution >= 4 is 51.0 Å². The van der Waals surface area contributed by atoms with Crippen molar-refractivity contribution in [3.05, 3.63) is 39.0 Å². The van der Waals surface area contributed by atoms with Crippen molar-refractivity contribution in [2.75, 3.05) is 13.1 Å². The lowest BCUT2D eigenvalue weighted by Crippen LogP contribution is -2.39. The Labute approximate surface area is 178 Å². The van der Waals surface area contributed by atoms with Crippen LogP contribution in [-0.2, 0) is 4.74 Å². The fourth-order valence-corrected chi connectivity index (χ4v) is 3.20. The number of ether oxygens (including phenoxy) is 1. The van der Waals surface area contributed by atoms with Gasteiger partial charge in [-0.1, -0.05) is 15.9 Å². The number of carbonyl (C=O) groups is 1. The lowest BCUT2D eigenvalue weighted by Gasteiger charge is -2.29. The third-order valence-electron chi connectivity index (χ3n) is 4.14. The van der Waals surface area contributed by atoms with E-state index in [9.17, 15) is 14.9 Å². The highest BCUT2D eigenvalue weighted by molar-refractivity contribution is 9.10. The molecular formula is C20H25BrN4O4. The summed E-state index contributed by atoms with van der Waals surface area (Å²) < 4.78 is 6.08. The Hall–Kier alpha value is -2.55. The number of hydrogen-bond acceptors (Lipinski definition) is 6. The van der Waals surface area contributed by atoms with Gasteiger partial charge in [-0.05, 0) is 65.0 Å². The summed E-state index contributed by atoms with van der Waals surface area (Å²) >= 11 is 3.30. The third kappa shape index (κ3) is 6.49. The molecule has 1 fully saturated rings. The van der Waals surface area contributed by atoms with Crippen LogP contribution in [0.1, 0.15) is 40.0 Å². The average molecular weight is 465 g/mol. The second-order valence-corrected chi connectivity index (χ2v) is 8.51. The number of nitrogens with zero attached hydrogens (tertiary/aromatic N) is 4. The largest absolute Gasteiger partial charge is 0.444 e. The van der Waals surface area contributed by atoms with Gasteiger partial charge in [0.05, 0.1) is 10.4 Å². The van der Waals surface area contributed by atoms with Gasteiger partial charge < -0.3 is 9.64 Å². The van der Waals surface area contributed by atoms with Gasteiger partial charge in [-0.25, -0.2) is 9.78 Å². The molecule has 1 aromatic carbocycles. The summed E-state index contributed by atoms with van der Waals surface area (Å²) in [6.07, 6.45) is 4.49. The molecule has 3 rings (SSSR count). The van der Waals surface area contributed by atoms with Crippen LogP contribution in [0.5, 0.6) is 0 Å². The average Bonchev–Trinajstić information content (AvgIpc) is 2.66. The molecular weight excluding hydrogens is 440 g/mol. The molecule has 1 aliphatic rings. The van der Waals surface area contributed by atoms with Gasteiger partial charge in [-0.3, -0.25) is 15.1 Å². The van der Waals surface area contributed by atoms with Crippen molar-refractivity contribution in [1.82, 2.24) is 9.88 Å². The predicted octanol–water partition coefficient (Wildman–Crippen LogP) is 5.65. The topological polar surface area (TPSA) is 97.9 Å². The number of fused-ring (bicyclic) bond motifs is 1. The number of amides is 1. The van der Waals surface area contributed by atoms with E-state index in [1.165, 1.54) is 12.6 Å². The minimum Gasteiger partial charge on any atom is -0.444 e. The molecule has 0 bridgehead atoms. The van der Waals surface area contributed by atoms with Gasteiger partial charge in [-0.2, -0.15) is 0 Å². The normalized spacial score (nSPS) is 14.0. The van der Waals surface area contributed by atoms with Gasteiger partial charge in [0.15, 0.2) is 5.69 Å². The fraction of sp³-hybridized carbons (Fsp3) is 0.450. The van der Waals surface area contributed by atoms with Gasteiger partial charge in [0, 0.05) is 22.9 Å². The molecule has 0 N–H and O–H groups in total. The molecule has 8 nitrogen and oxygen atoms in total. The second-order valence-electron chi connectivity index (χ2n) is 7.60.